The molecule has 0 atom stereocenters. The molecule has 12 heteroatoms. The maximum atomic E-state index is 13.1. The highest BCUT2D eigenvalue weighted by Gasteiger charge is 2.39. The monoisotopic (exact) mass is 573 g/mol. The van der Waals surface area contributed by atoms with Crippen LogP contribution in [-0.2, 0) is 9.59 Å². The molecule has 194 valence electrons. The van der Waals surface area contributed by atoms with Crippen molar-refractivity contribution >= 4 is 75.6 Å². The van der Waals surface area contributed by atoms with Gasteiger partial charge in [-0.3, -0.25) is 14.4 Å². The predicted octanol–water partition coefficient (Wildman–Crippen LogP) is 5.70. The normalized spacial score (nSPS) is 13.1. The van der Waals surface area contributed by atoms with Crippen LogP contribution in [0, 0.1) is 6.92 Å². The quantitative estimate of drug-likeness (QED) is 0.309. The standard InChI is InChI=1S/C26H18Cl3N3O6/c1-12-3-6-14(27)9-19(12)32-24(34)21(29)22(25(32)35)30-15-7-4-13(5-8-15)23(33)31-18-11-20(38-2)16(26(36)37)10-17(18)28/h3-11,30H,1-2H3,(H,31,33)(H,36,37). The number of nitrogens with one attached hydrogen (secondary N) is 2. The van der Waals surface area contributed by atoms with E-state index < -0.39 is 23.7 Å². The maximum absolute atomic E-state index is 13.1. The van der Waals surface area contributed by atoms with Crippen LogP contribution in [0.15, 0.2) is 65.3 Å². The Labute approximate surface area is 231 Å². The number of hydrogen-bond acceptors (Lipinski definition) is 6. The molecule has 0 saturated carbocycles. The van der Waals surface area contributed by atoms with Crippen LogP contribution in [0.3, 0.4) is 0 Å². The van der Waals surface area contributed by atoms with E-state index in [0.717, 1.165) is 4.90 Å². The van der Waals surface area contributed by atoms with Crippen LogP contribution in [-0.4, -0.2) is 35.9 Å². The molecule has 1 aliphatic heterocycles. The van der Waals surface area contributed by atoms with Crippen molar-refractivity contribution in [3.8, 4) is 5.75 Å². The van der Waals surface area contributed by atoms with E-state index in [1.807, 2.05) is 0 Å². The van der Waals surface area contributed by atoms with Gasteiger partial charge in [-0.25, -0.2) is 9.69 Å². The lowest BCUT2D eigenvalue weighted by Gasteiger charge is -2.18. The van der Waals surface area contributed by atoms with Crippen molar-refractivity contribution in [2.45, 2.75) is 6.92 Å². The van der Waals surface area contributed by atoms with E-state index in [2.05, 4.69) is 10.6 Å². The lowest BCUT2D eigenvalue weighted by atomic mass is 10.1. The fraction of sp³-hybridized carbons (Fsp3) is 0.0769. The van der Waals surface area contributed by atoms with Gasteiger partial charge in [0.2, 0.25) is 0 Å². The summed E-state index contributed by atoms with van der Waals surface area (Å²) in [5.41, 5.74) is 1.50. The SMILES string of the molecule is COc1cc(NC(=O)c2ccc(NC3=C(Cl)C(=O)N(c4cc(Cl)ccc4C)C3=O)cc2)c(Cl)cc1C(=O)O. The number of anilines is 3. The Hall–Kier alpha value is -4.05. The van der Waals surface area contributed by atoms with Gasteiger partial charge in [-0.05, 0) is 55.0 Å². The average molecular weight is 575 g/mol. The van der Waals surface area contributed by atoms with Crippen molar-refractivity contribution in [1.29, 1.82) is 0 Å². The summed E-state index contributed by atoms with van der Waals surface area (Å²) in [7, 11) is 1.30. The molecule has 3 N–H and O–H groups in total. The maximum Gasteiger partial charge on any atom is 0.339 e. The largest absolute Gasteiger partial charge is 0.496 e. The lowest BCUT2D eigenvalue weighted by Crippen LogP contribution is -2.32. The van der Waals surface area contributed by atoms with Gasteiger partial charge < -0.3 is 20.5 Å². The number of hydrogen-bond donors (Lipinski definition) is 3. The minimum Gasteiger partial charge on any atom is -0.496 e. The Balaban J connectivity index is 1.51. The first-order valence-corrected chi connectivity index (χ1v) is 12.0. The van der Waals surface area contributed by atoms with E-state index >= 15 is 0 Å². The number of aromatic carboxylic acids is 1. The summed E-state index contributed by atoms with van der Waals surface area (Å²) >= 11 is 18.4. The smallest absolute Gasteiger partial charge is 0.339 e. The molecule has 0 aromatic heterocycles. The van der Waals surface area contributed by atoms with Gasteiger partial charge in [0.15, 0.2) is 0 Å². The highest BCUT2D eigenvalue weighted by molar-refractivity contribution is 6.53. The van der Waals surface area contributed by atoms with E-state index in [-0.39, 0.29) is 38.3 Å². The molecule has 0 spiro atoms. The van der Waals surface area contributed by atoms with Gasteiger partial charge in [0.05, 0.1) is 23.5 Å². The minimum atomic E-state index is -1.23. The van der Waals surface area contributed by atoms with E-state index in [4.69, 9.17) is 39.5 Å². The Kier molecular flexibility index (Phi) is 7.63. The number of halogens is 3. The molecule has 0 aliphatic carbocycles. The molecule has 1 heterocycles. The lowest BCUT2D eigenvalue weighted by molar-refractivity contribution is -0.120. The second-order valence-corrected chi connectivity index (χ2v) is 9.28. The summed E-state index contributed by atoms with van der Waals surface area (Å²) in [4.78, 5) is 50.8. The first-order chi connectivity index (χ1) is 18.0. The summed E-state index contributed by atoms with van der Waals surface area (Å²) in [6, 6.07) is 13.3. The third kappa shape index (κ3) is 5.17. The van der Waals surface area contributed by atoms with Crippen molar-refractivity contribution in [2.24, 2.45) is 0 Å². The number of carbonyl (C=O) groups is 4. The van der Waals surface area contributed by atoms with Crippen LogP contribution in [0.25, 0.3) is 0 Å². The molecule has 0 unspecified atom stereocenters. The number of benzene rings is 3. The molecule has 3 aromatic carbocycles. The number of methoxy groups -OCH3 is 1. The van der Waals surface area contributed by atoms with Crippen molar-refractivity contribution < 1.29 is 29.0 Å². The molecule has 0 radical (unpaired) electrons. The second kappa shape index (κ2) is 10.7. The number of nitrogens with zero attached hydrogens (tertiary/aromatic N) is 1. The zero-order valence-corrected chi connectivity index (χ0v) is 22.0. The molecule has 0 fully saturated rings. The van der Waals surface area contributed by atoms with Crippen molar-refractivity contribution in [3.05, 3.63) is 92.1 Å². The number of aryl methyl sites for hydroxylation is 1. The van der Waals surface area contributed by atoms with Crippen LogP contribution >= 0.6 is 34.8 Å². The number of amides is 3. The van der Waals surface area contributed by atoms with E-state index in [0.29, 0.717) is 22.0 Å². The molecule has 0 bridgehead atoms. The first-order valence-electron chi connectivity index (χ1n) is 10.9. The van der Waals surface area contributed by atoms with Gasteiger partial charge in [0.25, 0.3) is 17.7 Å². The van der Waals surface area contributed by atoms with E-state index in [1.165, 1.54) is 49.6 Å². The van der Waals surface area contributed by atoms with Crippen LogP contribution < -0.4 is 20.3 Å². The topological polar surface area (TPSA) is 125 Å². The molecule has 3 amide bonds. The fourth-order valence-electron chi connectivity index (χ4n) is 3.68. The zero-order valence-electron chi connectivity index (χ0n) is 19.8. The Morgan fingerprint density at radius 1 is 0.947 bits per heavy atom. The Morgan fingerprint density at radius 3 is 2.26 bits per heavy atom. The van der Waals surface area contributed by atoms with Gasteiger partial charge in [-0.1, -0.05) is 40.9 Å². The van der Waals surface area contributed by atoms with Gasteiger partial charge in [0.1, 0.15) is 22.0 Å². The van der Waals surface area contributed by atoms with Crippen LogP contribution in [0.4, 0.5) is 17.1 Å². The summed E-state index contributed by atoms with van der Waals surface area (Å²) in [6.45, 7) is 1.74. The molecule has 4 rings (SSSR count). The van der Waals surface area contributed by atoms with Gasteiger partial charge >= 0.3 is 5.97 Å². The Morgan fingerprint density at radius 2 is 1.63 bits per heavy atom. The average Bonchev–Trinajstić information content (AvgIpc) is 3.09. The van der Waals surface area contributed by atoms with Gasteiger partial charge in [-0.15, -0.1) is 0 Å². The van der Waals surface area contributed by atoms with Crippen molar-refractivity contribution in [2.75, 3.05) is 22.6 Å². The van der Waals surface area contributed by atoms with Crippen molar-refractivity contribution in [1.82, 2.24) is 0 Å². The molecule has 1 aliphatic rings. The molecule has 0 saturated heterocycles. The predicted molar refractivity (Wildman–Crippen MR) is 145 cm³/mol. The fourth-order valence-corrected chi connectivity index (χ4v) is 4.27. The van der Waals surface area contributed by atoms with Gasteiger partial charge in [-0.2, -0.15) is 0 Å². The first kappa shape index (κ1) is 27.0. The molecular weight excluding hydrogens is 557 g/mol. The molecule has 3 aromatic rings. The summed E-state index contributed by atoms with van der Waals surface area (Å²) < 4.78 is 5.07. The van der Waals surface area contributed by atoms with Crippen LogP contribution in [0.2, 0.25) is 10.0 Å². The number of imide groups is 1. The summed E-state index contributed by atoms with van der Waals surface area (Å²) in [6.07, 6.45) is 0. The number of carbonyl (C=O) groups excluding carboxylic acids is 3. The van der Waals surface area contributed by atoms with E-state index in [9.17, 15) is 24.3 Å². The van der Waals surface area contributed by atoms with Crippen LogP contribution in [0.1, 0.15) is 26.3 Å². The molecule has 9 nitrogen and oxygen atoms in total. The number of carboxylic acid groups (broad SMARTS) is 1. The summed E-state index contributed by atoms with van der Waals surface area (Å²) in [5.74, 6) is -3.08. The highest BCUT2D eigenvalue weighted by Crippen LogP contribution is 2.34. The molecule has 38 heavy (non-hydrogen) atoms. The van der Waals surface area contributed by atoms with Gasteiger partial charge in [0, 0.05) is 22.3 Å². The van der Waals surface area contributed by atoms with E-state index in [1.54, 1.807) is 19.1 Å². The minimum absolute atomic E-state index is 0.0142. The number of rotatable bonds is 7. The van der Waals surface area contributed by atoms with Crippen LogP contribution in [0.5, 0.6) is 5.75 Å². The second-order valence-electron chi connectivity index (χ2n) is 8.06. The number of ether oxygens (including phenoxy) is 1. The summed E-state index contributed by atoms with van der Waals surface area (Å²) in [5, 5.41) is 14.8. The highest BCUT2D eigenvalue weighted by atomic mass is 35.5. The van der Waals surface area contributed by atoms with Crippen molar-refractivity contribution in [3.63, 3.8) is 0 Å². The number of carboxylic acids is 1. The Bertz CT molecular complexity index is 1540. The third-order valence-electron chi connectivity index (χ3n) is 5.62. The third-order valence-corrected chi connectivity index (χ3v) is 6.52. The molecular formula is C26H18Cl3N3O6. The zero-order chi connectivity index (χ0) is 27.7.